The van der Waals surface area contributed by atoms with Gasteiger partial charge in [0, 0.05) is 0 Å². The Balaban J connectivity index is 0.000000791. The Morgan fingerprint density at radius 1 is 1.14 bits per heavy atom. The summed E-state index contributed by atoms with van der Waals surface area (Å²) in [6.45, 7) is 14.1. The van der Waals surface area contributed by atoms with Crippen LogP contribution < -0.4 is 0 Å². The van der Waals surface area contributed by atoms with Crippen molar-refractivity contribution in [2.45, 2.75) is 34.6 Å². The number of ketones is 1. The maximum Gasteiger partial charge on any atom is 0.178 e. The van der Waals surface area contributed by atoms with Crippen molar-refractivity contribution in [1.82, 2.24) is 0 Å². The predicted molar refractivity (Wildman–Crippen MR) is 62.2 cm³/mol. The highest BCUT2D eigenvalue weighted by molar-refractivity contribution is 6.02. The number of carbonyl (C=O) groups excluding carboxylic acids is 1. The van der Waals surface area contributed by atoms with Gasteiger partial charge in [0.15, 0.2) is 5.78 Å². The lowest BCUT2D eigenvalue weighted by Crippen LogP contribution is -2.14. The van der Waals surface area contributed by atoms with Crippen LogP contribution in [0.15, 0.2) is 36.0 Å². The van der Waals surface area contributed by atoms with E-state index < -0.39 is 0 Å². The molecule has 0 spiro atoms. The molecule has 0 aromatic heterocycles. The van der Waals surface area contributed by atoms with Crippen LogP contribution in [0.5, 0.6) is 0 Å². The molecule has 0 atom stereocenters. The van der Waals surface area contributed by atoms with Crippen LogP contribution in [0.2, 0.25) is 0 Å². The molecule has 0 aromatic carbocycles. The van der Waals surface area contributed by atoms with Gasteiger partial charge in [-0.25, -0.2) is 0 Å². The Morgan fingerprint density at radius 3 is 2.00 bits per heavy atom. The maximum atomic E-state index is 11.1. The molecule has 1 aliphatic carbocycles. The van der Waals surface area contributed by atoms with Crippen molar-refractivity contribution in [1.29, 1.82) is 0 Å². The lowest BCUT2D eigenvalue weighted by atomic mass is 9.80. The van der Waals surface area contributed by atoms with E-state index in [1.54, 1.807) is 18.2 Å². The van der Waals surface area contributed by atoms with E-state index in [0.29, 0.717) is 0 Å². The second-order valence-electron chi connectivity index (χ2n) is 4.07. The van der Waals surface area contributed by atoms with E-state index in [0.717, 1.165) is 11.1 Å². The average Bonchev–Trinajstić information content (AvgIpc) is 2.11. The Labute approximate surface area is 87.2 Å². The van der Waals surface area contributed by atoms with Crippen molar-refractivity contribution in [3.63, 3.8) is 0 Å². The second-order valence-corrected chi connectivity index (χ2v) is 4.07. The van der Waals surface area contributed by atoms with Crippen molar-refractivity contribution in [3.8, 4) is 0 Å². The van der Waals surface area contributed by atoms with Gasteiger partial charge in [0.1, 0.15) is 0 Å². The lowest BCUT2D eigenvalue weighted by Gasteiger charge is -2.24. The van der Waals surface area contributed by atoms with Crippen LogP contribution in [-0.4, -0.2) is 5.78 Å². The molecule has 0 aliphatic heterocycles. The molecule has 0 saturated carbocycles. The van der Waals surface area contributed by atoms with Crippen molar-refractivity contribution in [2.24, 2.45) is 5.41 Å². The maximum absolute atomic E-state index is 11.1. The van der Waals surface area contributed by atoms with Crippen molar-refractivity contribution >= 4 is 5.78 Å². The highest BCUT2D eigenvalue weighted by atomic mass is 16.1. The van der Waals surface area contributed by atoms with Gasteiger partial charge < -0.3 is 0 Å². The summed E-state index contributed by atoms with van der Waals surface area (Å²) in [5, 5.41) is 0. The zero-order chi connectivity index (χ0) is 11.4. The zero-order valence-corrected chi connectivity index (χ0v) is 9.85. The van der Waals surface area contributed by atoms with Gasteiger partial charge in [-0.3, -0.25) is 4.79 Å². The van der Waals surface area contributed by atoms with E-state index in [1.807, 2.05) is 13.8 Å². The number of carbonyl (C=O) groups is 1. The molecule has 0 bridgehead atoms. The Bertz CT molecular complexity index is 285. The van der Waals surface area contributed by atoms with Gasteiger partial charge in [0.05, 0.1) is 0 Å². The van der Waals surface area contributed by atoms with E-state index in [2.05, 4.69) is 27.4 Å². The van der Waals surface area contributed by atoms with E-state index in [4.69, 9.17) is 0 Å². The largest absolute Gasteiger partial charge is 0.290 e. The fourth-order valence-electron chi connectivity index (χ4n) is 1.25. The Morgan fingerprint density at radius 2 is 1.64 bits per heavy atom. The smallest absolute Gasteiger partial charge is 0.178 e. The molecule has 1 nitrogen and oxygen atoms in total. The van der Waals surface area contributed by atoms with Crippen LogP contribution in [0.25, 0.3) is 0 Å². The minimum Gasteiger partial charge on any atom is -0.290 e. The van der Waals surface area contributed by atoms with Gasteiger partial charge in [-0.15, -0.1) is 0 Å². The summed E-state index contributed by atoms with van der Waals surface area (Å²) >= 11 is 0. The fourth-order valence-corrected chi connectivity index (χ4v) is 1.25. The topological polar surface area (TPSA) is 17.1 Å². The van der Waals surface area contributed by atoms with Gasteiger partial charge >= 0.3 is 0 Å². The first kappa shape index (κ1) is 12.9. The van der Waals surface area contributed by atoms with Crippen molar-refractivity contribution in [3.05, 3.63) is 36.0 Å². The number of hydrogen-bond acceptors (Lipinski definition) is 1. The average molecular weight is 192 g/mol. The van der Waals surface area contributed by atoms with Crippen LogP contribution >= 0.6 is 0 Å². The minimum absolute atomic E-state index is 0.0114. The summed E-state index contributed by atoms with van der Waals surface area (Å²) in [4.78, 5) is 11.1. The first-order chi connectivity index (χ1) is 6.41. The van der Waals surface area contributed by atoms with E-state index in [-0.39, 0.29) is 11.2 Å². The quantitative estimate of drug-likeness (QED) is 0.572. The second kappa shape index (κ2) is 4.94. The van der Waals surface area contributed by atoms with Crippen LogP contribution in [0.1, 0.15) is 34.6 Å². The van der Waals surface area contributed by atoms with E-state index in [9.17, 15) is 4.79 Å². The third-order valence-corrected chi connectivity index (χ3v) is 1.89. The molecule has 1 aliphatic rings. The minimum atomic E-state index is 0.0114. The number of rotatable bonds is 0. The van der Waals surface area contributed by atoms with E-state index in [1.165, 1.54) is 0 Å². The van der Waals surface area contributed by atoms with E-state index >= 15 is 0 Å². The van der Waals surface area contributed by atoms with Gasteiger partial charge in [-0.1, -0.05) is 47.3 Å². The molecule has 0 aromatic rings. The lowest BCUT2D eigenvalue weighted by molar-refractivity contribution is -0.110. The molecule has 0 N–H and O–H groups in total. The summed E-state index contributed by atoms with van der Waals surface area (Å²) in [6, 6.07) is 0. The molecule has 0 fully saturated rings. The highest BCUT2D eigenvalue weighted by Crippen LogP contribution is 2.32. The van der Waals surface area contributed by atoms with Crippen molar-refractivity contribution < 1.29 is 4.79 Å². The molecule has 1 heteroatoms. The first-order valence-electron chi connectivity index (χ1n) is 5.05. The molecule has 0 unspecified atom stereocenters. The van der Waals surface area contributed by atoms with Crippen LogP contribution in [-0.2, 0) is 4.79 Å². The van der Waals surface area contributed by atoms with Crippen LogP contribution in [0.4, 0.5) is 0 Å². The molecular weight excluding hydrogens is 172 g/mol. The molecule has 78 valence electrons. The fraction of sp³-hybridized carbons (Fsp3) is 0.462. The first-order valence-corrected chi connectivity index (χ1v) is 5.05. The summed E-state index contributed by atoms with van der Waals surface area (Å²) in [5.74, 6) is 0.0623. The summed E-state index contributed by atoms with van der Waals surface area (Å²) in [6.07, 6.45) is 5.00. The summed E-state index contributed by atoms with van der Waals surface area (Å²) in [7, 11) is 0. The third-order valence-electron chi connectivity index (χ3n) is 1.89. The number of hydrogen-bond donors (Lipinski definition) is 0. The highest BCUT2D eigenvalue weighted by Gasteiger charge is 2.21. The molecule has 0 amide bonds. The normalized spacial score (nSPS) is 15.9. The van der Waals surface area contributed by atoms with Crippen LogP contribution in [0.3, 0.4) is 0 Å². The summed E-state index contributed by atoms with van der Waals surface area (Å²) in [5.41, 5.74) is 1.99. The molecule has 1 rings (SSSR count). The molecule has 0 saturated heterocycles. The zero-order valence-electron chi connectivity index (χ0n) is 9.85. The Kier molecular flexibility index (Phi) is 4.55. The molecule has 0 radical (unpaired) electrons. The molecule has 14 heavy (non-hydrogen) atoms. The SMILES string of the molecule is C=C1C=CC(=O)C=C1C(C)(C)C.CC. The van der Waals surface area contributed by atoms with Gasteiger partial charge in [0.2, 0.25) is 0 Å². The van der Waals surface area contributed by atoms with Crippen molar-refractivity contribution in [2.75, 3.05) is 0 Å². The van der Waals surface area contributed by atoms with Gasteiger partial charge in [0.25, 0.3) is 0 Å². The van der Waals surface area contributed by atoms with Crippen LogP contribution in [0, 0.1) is 5.41 Å². The molecular formula is C13H20O. The monoisotopic (exact) mass is 192 g/mol. The van der Waals surface area contributed by atoms with Gasteiger partial charge in [-0.05, 0) is 28.7 Å². The third kappa shape index (κ3) is 3.33. The summed E-state index contributed by atoms with van der Waals surface area (Å²) < 4.78 is 0. The standard InChI is InChI=1S/C11H14O.C2H6/c1-8-5-6-9(12)7-10(8)11(2,3)4;1-2/h5-7H,1H2,2-4H3;1-2H3. The Hall–Kier alpha value is -1.11. The van der Waals surface area contributed by atoms with Gasteiger partial charge in [-0.2, -0.15) is 0 Å². The predicted octanol–water partition coefficient (Wildman–Crippen LogP) is 3.68. The molecule has 0 heterocycles. The number of allylic oxidation sites excluding steroid dienone is 5.